The maximum Gasteiger partial charge on any atom is 0.0406 e. The predicted molar refractivity (Wildman–Crippen MR) is 85.4 cm³/mol. The third-order valence-electron chi connectivity index (χ3n) is 4.17. The highest BCUT2D eigenvalue weighted by Crippen LogP contribution is 2.37. The van der Waals surface area contributed by atoms with E-state index in [0.29, 0.717) is 12.0 Å². The van der Waals surface area contributed by atoms with Crippen molar-refractivity contribution in [3.05, 3.63) is 70.7 Å². The molecule has 1 saturated carbocycles. The molecule has 0 amide bonds. The average Bonchev–Trinajstić information content (AvgIpc) is 2.44. The lowest BCUT2D eigenvalue weighted by Gasteiger charge is -2.36. The van der Waals surface area contributed by atoms with Gasteiger partial charge >= 0.3 is 0 Å². The molecule has 0 bridgehead atoms. The van der Waals surface area contributed by atoms with Crippen molar-refractivity contribution in [3.8, 4) is 0 Å². The summed E-state index contributed by atoms with van der Waals surface area (Å²) >= 11 is 5.92. The van der Waals surface area contributed by atoms with Gasteiger partial charge in [0, 0.05) is 11.1 Å². The highest BCUT2D eigenvalue weighted by Gasteiger charge is 2.29. The smallest absolute Gasteiger partial charge is 0.0406 e. The predicted octanol–water partition coefficient (Wildman–Crippen LogP) is 4.42. The summed E-state index contributed by atoms with van der Waals surface area (Å²) in [5, 5.41) is 4.48. The van der Waals surface area contributed by atoms with Crippen LogP contribution < -0.4 is 5.32 Å². The molecule has 0 radical (unpaired) electrons. The molecule has 104 valence electrons. The minimum absolute atomic E-state index is 0.680. The van der Waals surface area contributed by atoms with Gasteiger partial charge < -0.3 is 5.32 Å². The maximum absolute atomic E-state index is 5.92. The van der Waals surface area contributed by atoms with Crippen LogP contribution in [0.4, 0.5) is 0 Å². The van der Waals surface area contributed by atoms with Crippen molar-refractivity contribution in [1.82, 2.24) is 5.32 Å². The lowest BCUT2D eigenvalue weighted by atomic mass is 9.76. The zero-order valence-electron chi connectivity index (χ0n) is 11.6. The standard InChI is InChI=1S/C18H20ClN/c19-17-8-6-15(7-9-17)16-12-18(13-16)20-11-10-14-4-2-1-3-5-14/h1-9,16,18,20H,10-13H2. The zero-order chi connectivity index (χ0) is 13.8. The van der Waals surface area contributed by atoms with Crippen molar-refractivity contribution in [2.45, 2.75) is 31.2 Å². The molecule has 0 atom stereocenters. The number of halogens is 1. The van der Waals surface area contributed by atoms with Crippen LogP contribution in [-0.4, -0.2) is 12.6 Å². The molecular formula is C18H20ClN. The molecule has 1 N–H and O–H groups in total. The molecule has 1 fully saturated rings. The number of rotatable bonds is 5. The molecule has 3 rings (SSSR count). The van der Waals surface area contributed by atoms with Crippen LogP contribution in [0, 0.1) is 0 Å². The van der Waals surface area contributed by atoms with Crippen LogP contribution in [0.3, 0.4) is 0 Å². The molecule has 0 aromatic heterocycles. The van der Waals surface area contributed by atoms with Gasteiger partial charge in [-0.15, -0.1) is 0 Å². The second kappa shape index (κ2) is 6.43. The highest BCUT2D eigenvalue weighted by molar-refractivity contribution is 6.30. The summed E-state index contributed by atoms with van der Waals surface area (Å²) in [6, 6.07) is 19.7. The van der Waals surface area contributed by atoms with Crippen molar-refractivity contribution in [2.24, 2.45) is 0 Å². The van der Waals surface area contributed by atoms with E-state index in [9.17, 15) is 0 Å². The summed E-state index contributed by atoms with van der Waals surface area (Å²) in [5.41, 5.74) is 2.84. The summed E-state index contributed by atoms with van der Waals surface area (Å²) in [6.45, 7) is 1.07. The maximum atomic E-state index is 5.92. The van der Waals surface area contributed by atoms with Gasteiger partial charge in [-0.05, 0) is 55.0 Å². The van der Waals surface area contributed by atoms with Crippen LogP contribution >= 0.6 is 11.6 Å². The van der Waals surface area contributed by atoms with E-state index in [1.54, 1.807) is 0 Å². The fraction of sp³-hybridized carbons (Fsp3) is 0.333. The van der Waals surface area contributed by atoms with Gasteiger partial charge in [-0.3, -0.25) is 0 Å². The first-order chi connectivity index (χ1) is 9.81. The van der Waals surface area contributed by atoms with Gasteiger partial charge in [-0.25, -0.2) is 0 Å². The number of benzene rings is 2. The third-order valence-corrected chi connectivity index (χ3v) is 4.42. The van der Waals surface area contributed by atoms with Crippen LogP contribution in [0.5, 0.6) is 0 Å². The lowest BCUT2D eigenvalue weighted by molar-refractivity contribution is 0.293. The van der Waals surface area contributed by atoms with Gasteiger partial charge in [-0.1, -0.05) is 54.1 Å². The van der Waals surface area contributed by atoms with Crippen molar-refractivity contribution >= 4 is 11.6 Å². The van der Waals surface area contributed by atoms with Gasteiger partial charge in [0.2, 0.25) is 0 Å². The van der Waals surface area contributed by atoms with E-state index in [2.05, 4.69) is 47.8 Å². The van der Waals surface area contributed by atoms with E-state index in [0.717, 1.165) is 18.0 Å². The van der Waals surface area contributed by atoms with Crippen molar-refractivity contribution in [2.75, 3.05) is 6.54 Å². The van der Waals surface area contributed by atoms with E-state index < -0.39 is 0 Å². The Balaban J connectivity index is 1.39. The molecule has 0 aliphatic heterocycles. The van der Waals surface area contributed by atoms with Crippen LogP contribution in [0.2, 0.25) is 5.02 Å². The summed E-state index contributed by atoms with van der Waals surface area (Å²) in [4.78, 5) is 0. The number of nitrogens with one attached hydrogen (secondary N) is 1. The van der Waals surface area contributed by atoms with Gasteiger partial charge in [-0.2, -0.15) is 0 Å². The molecule has 1 aliphatic rings. The molecular weight excluding hydrogens is 266 g/mol. The van der Waals surface area contributed by atoms with E-state index >= 15 is 0 Å². The molecule has 0 spiro atoms. The molecule has 2 aromatic carbocycles. The van der Waals surface area contributed by atoms with E-state index in [-0.39, 0.29) is 0 Å². The Labute approximate surface area is 126 Å². The Kier molecular flexibility index (Phi) is 4.39. The normalized spacial score (nSPS) is 21.4. The summed E-state index contributed by atoms with van der Waals surface area (Å²) in [6.07, 6.45) is 3.61. The number of hydrogen-bond donors (Lipinski definition) is 1. The van der Waals surface area contributed by atoms with Crippen LogP contribution in [0.15, 0.2) is 54.6 Å². The Morgan fingerprint density at radius 3 is 2.35 bits per heavy atom. The molecule has 2 heteroatoms. The van der Waals surface area contributed by atoms with Gasteiger partial charge in [0.25, 0.3) is 0 Å². The molecule has 1 aliphatic carbocycles. The molecule has 20 heavy (non-hydrogen) atoms. The minimum Gasteiger partial charge on any atom is -0.314 e. The number of hydrogen-bond acceptors (Lipinski definition) is 1. The van der Waals surface area contributed by atoms with Gasteiger partial charge in [0.05, 0.1) is 0 Å². The Bertz CT molecular complexity index is 529. The van der Waals surface area contributed by atoms with Crippen LogP contribution in [0.25, 0.3) is 0 Å². The minimum atomic E-state index is 0.680. The Morgan fingerprint density at radius 1 is 0.950 bits per heavy atom. The summed E-state index contributed by atoms with van der Waals surface area (Å²) < 4.78 is 0. The second-order valence-corrected chi connectivity index (χ2v) is 6.04. The van der Waals surface area contributed by atoms with Gasteiger partial charge in [0.1, 0.15) is 0 Å². The van der Waals surface area contributed by atoms with Crippen molar-refractivity contribution in [3.63, 3.8) is 0 Å². The molecule has 0 saturated heterocycles. The van der Waals surface area contributed by atoms with E-state index in [4.69, 9.17) is 11.6 Å². The van der Waals surface area contributed by atoms with Gasteiger partial charge in [0.15, 0.2) is 0 Å². The van der Waals surface area contributed by atoms with Crippen LogP contribution in [0.1, 0.15) is 29.9 Å². The molecule has 2 aromatic rings. The monoisotopic (exact) mass is 285 g/mol. The largest absolute Gasteiger partial charge is 0.314 e. The topological polar surface area (TPSA) is 12.0 Å². The molecule has 0 unspecified atom stereocenters. The first-order valence-corrected chi connectivity index (χ1v) is 7.72. The fourth-order valence-electron chi connectivity index (χ4n) is 2.86. The van der Waals surface area contributed by atoms with Crippen molar-refractivity contribution in [1.29, 1.82) is 0 Å². The van der Waals surface area contributed by atoms with Crippen LogP contribution in [-0.2, 0) is 6.42 Å². The first-order valence-electron chi connectivity index (χ1n) is 7.34. The molecule has 0 heterocycles. The fourth-order valence-corrected chi connectivity index (χ4v) is 2.98. The highest BCUT2D eigenvalue weighted by atomic mass is 35.5. The Morgan fingerprint density at radius 2 is 1.65 bits per heavy atom. The Hall–Kier alpha value is -1.31. The second-order valence-electron chi connectivity index (χ2n) is 5.61. The van der Waals surface area contributed by atoms with E-state index in [1.165, 1.54) is 24.0 Å². The summed E-state index contributed by atoms with van der Waals surface area (Å²) in [7, 11) is 0. The average molecular weight is 286 g/mol. The zero-order valence-corrected chi connectivity index (χ0v) is 12.3. The summed E-state index contributed by atoms with van der Waals surface area (Å²) in [5.74, 6) is 0.710. The molecule has 1 nitrogen and oxygen atoms in total. The quantitative estimate of drug-likeness (QED) is 0.857. The van der Waals surface area contributed by atoms with E-state index in [1.807, 2.05) is 12.1 Å². The SMILES string of the molecule is Clc1ccc(C2CC(NCCc3ccccc3)C2)cc1. The lowest BCUT2D eigenvalue weighted by Crippen LogP contribution is -2.40. The third kappa shape index (κ3) is 3.41. The van der Waals surface area contributed by atoms with Crippen molar-refractivity contribution < 1.29 is 0 Å². The first kappa shape index (κ1) is 13.7.